The maximum absolute atomic E-state index is 12.2. The third-order valence-corrected chi connectivity index (χ3v) is 5.16. The lowest BCUT2D eigenvalue weighted by atomic mass is 9.93. The molecular formula is C17H26N2O4S. The van der Waals surface area contributed by atoms with Gasteiger partial charge in [0.25, 0.3) is 0 Å². The van der Waals surface area contributed by atoms with Crippen molar-refractivity contribution in [1.29, 1.82) is 0 Å². The molecule has 0 spiro atoms. The fourth-order valence-electron chi connectivity index (χ4n) is 2.59. The molecule has 0 saturated carbocycles. The molecule has 1 aliphatic heterocycles. The van der Waals surface area contributed by atoms with E-state index in [1.54, 1.807) is 0 Å². The lowest BCUT2D eigenvalue weighted by molar-refractivity contribution is -0.136. The van der Waals surface area contributed by atoms with Gasteiger partial charge >= 0.3 is 16.3 Å². The van der Waals surface area contributed by atoms with Gasteiger partial charge in [0.2, 0.25) is 0 Å². The van der Waals surface area contributed by atoms with E-state index in [1.807, 2.05) is 39.0 Å². The second kappa shape index (κ2) is 7.63. The number of hydrogen-bond donors (Lipinski definition) is 0. The van der Waals surface area contributed by atoms with Crippen LogP contribution in [0.15, 0.2) is 30.3 Å². The number of rotatable bonds is 5. The van der Waals surface area contributed by atoms with E-state index in [0.717, 1.165) is 6.54 Å². The van der Waals surface area contributed by atoms with Crippen LogP contribution in [-0.4, -0.2) is 49.8 Å². The van der Waals surface area contributed by atoms with Crippen LogP contribution >= 0.6 is 0 Å². The minimum atomic E-state index is -3.99. The van der Waals surface area contributed by atoms with Gasteiger partial charge in [-0.15, -0.1) is 0 Å². The van der Waals surface area contributed by atoms with Crippen LogP contribution in [0, 0.1) is 5.41 Å². The highest BCUT2D eigenvalue weighted by Gasteiger charge is 2.31. The Morgan fingerprint density at radius 1 is 1.08 bits per heavy atom. The van der Waals surface area contributed by atoms with Crippen molar-refractivity contribution in [2.24, 2.45) is 5.41 Å². The zero-order valence-electron chi connectivity index (χ0n) is 14.6. The van der Waals surface area contributed by atoms with Crippen molar-refractivity contribution < 1.29 is 17.4 Å². The van der Waals surface area contributed by atoms with Crippen LogP contribution in [0.5, 0.6) is 0 Å². The van der Waals surface area contributed by atoms with E-state index in [-0.39, 0.29) is 11.8 Å². The number of nitrogens with zero attached hydrogens (tertiary/aromatic N) is 2. The molecule has 0 bridgehead atoms. The SMILES string of the molecule is CC(C)(C)CC(=O)OS(=O)(=O)N1CCN(Cc2ccccc2)CC1. The zero-order valence-corrected chi connectivity index (χ0v) is 15.4. The van der Waals surface area contributed by atoms with Crippen LogP contribution in [0.3, 0.4) is 0 Å². The number of hydrogen-bond acceptors (Lipinski definition) is 5. The van der Waals surface area contributed by atoms with Crippen molar-refractivity contribution in [3.63, 3.8) is 0 Å². The van der Waals surface area contributed by atoms with Crippen LogP contribution in [0.1, 0.15) is 32.8 Å². The molecule has 1 aromatic rings. The molecule has 0 atom stereocenters. The lowest BCUT2D eigenvalue weighted by Gasteiger charge is -2.33. The normalized spacial score (nSPS) is 17.6. The molecule has 6 nitrogen and oxygen atoms in total. The molecule has 1 aliphatic rings. The number of piperazine rings is 1. The Bertz CT molecular complexity index is 645. The highest BCUT2D eigenvalue weighted by Crippen LogP contribution is 2.20. The van der Waals surface area contributed by atoms with Gasteiger partial charge in [-0.2, -0.15) is 12.7 Å². The summed E-state index contributed by atoms with van der Waals surface area (Å²) in [7, 11) is -3.99. The molecule has 0 amide bonds. The van der Waals surface area contributed by atoms with Crippen molar-refractivity contribution >= 4 is 16.3 Å². The van der Waals surface area contributed by atoms with Gasteiger partial charge in [-0.1, -0.05) is 51.1 Å². The second-order valence-corrected chi connectivity index (χ2v) is 8.85. The molecule has 0 aromatic heterocycles. The topological polar surface area (TPSA) is 66.9 Å². The summed E-state index contributed by atoms with van der Waals surface area (Å²) < 4.78 is 30.4. The van der Waals surface area contributed by atoms with E-state index in [4.69, 9.17) is 4.18 Å². The van der Waals surface area contributed by atoms with Crippen LogP contribution < -0.4 is 0 Å². The third kappa shape index (κ3) is 5.89. The molecule has 134 valence electrons. The summed E-state index contributed by atoms with van der Waals surface area (Å²) >= 11 is 0. The molecule has 1 fully saturated rings. The van der Waals surface area contributed by atoms with Crippen molar-refractivity contribution in [1.82, 2.24) is 9.21 Å². The molecule has 1 saturated heterocycles. The summed E-state index contributed by atoms with van der Waals surface area (Å²) in [5.41, 5.74) is 0.895. The smallest absolute Gasteiger partial charge is 0.334 e. The summed E-state index contributed by atoms with van der Waals surface area (Å²) in [5, 5.41) is 0. The van der Waals surface area contributed by atoms with E-state index in [1.165, 1.54) is 9.87 Å². The Kier molecular flexibility index (Phi) is 6.01. The molecule has 0 radical (unpaired) electrons. The quantitative estimate of drug-likeness (QED) is 0.809. The first kappa shape index (κ1) is 18.9. The molecule has 2 rings (SSSR count). The Morgan fingerprint density at radius 3 is 2.21 bits per heavy atom. The summed E-state index contributed by atoms with van der Waals surface area (Å²) in [6, 6.07) is 10.1. The van der Waals surface area contributed by atoms with Crippen LogP contribution in [-0.2, 0) is 25.8 Å². The summed E-state index contributed by atoms with van der Waals surface area (Å²) in [4.78, 5) is 14.0. The molecule has 0 aliphatic carbocycles. The number of benzene rings is 1. The third-order valence-electron chi connectivity index (χ3n) is 3.77. The molecule has 7 heteroatoms. The molecule has 1 heterocycles. The highest BCUT2D eigenvalue weighted by atomic mass is 32.2. The maximum Gasteiger partial charge on any atom is 0.387 e. The predicted molar refractivity (Wildman–Crippen MR) is 92.4 cm³/mol. The van der Waals surface area contributed by atoms with Crippen molar-refractivity contribution in [3.8, 4) is 0 Å². The van der Waals surface area contributed by atoms with Crippen molar-refractivity contribution in [2.75, 3.05) is 26.2 Å². The number of carbonyl (C=O) groups excluding carboxylic acids is 1. The Labute approximate surface area is 144 Å². The predicted octanol–water partition coefficient (Wildman–Crippen LogP) is 2.03. The maximum atomic E-state index is 12.2. The van der Waals surface area contributed by atoms with E-state index in [9.17, 15) is 13.2 Å². The van der Waals surface area contributed by atoms with Gasteiger partial charge in [0, 0.05) is 32.7 Å². The van der Waals surface area contributed by atoms with Crippen LogP contribution in [0.25, 0.3) is 0 Å². The monoisotopic (exact) mass is 354 g/mol. The molecule has 0 unspecified atom stereocenters. The van der Waals surface area contributed by atoms with Crippen LogP contribution in [0.4, 0.5) is 0 Å². The van der Waals surface area contributed by atoms with Gasteiger partial charge in [-0.05, 0) is 11.0 Å². The Balaban J connectivity index is 1.85. The van der Waals surface area contributed by atoms with Crippen LogP contribution in [0.2, 0.25) is 0 Å². The van der Waals surface area contributed by atoms with E-state index < -0.39 is 16.3 Å². The minimum Gasteiger partial charge on any atom is -0.334 e. The highest BCUT2D eigenvalue weighted by molar-refractivity contribution is 7.84. The van der Waals surface area contributed by atoms with E-state index in [0.29, 0.717) is 26.2 Å². The van der Waals surface area contributed by atoms with Gasteiger partial charge in [-0.25, -0.2) is 0 Å². The van der Waals surface area contributed by atoms with Gasteiger partial charge < -0.3 is 4.18 Å². The molecule has 0 N–H and O–H groups in total. The van der Waals surface area contributed by atoms with E-state index in [2.05, 4.69) is 17.0 Å². The summed E-state index contributed by atoms with van der Waals surface area (Å²) in [6.07, 6.45) is 0.0696. The second-order valence-electron chi connectivity index (χ2n) is 7.31. The minimum absolute atomic E-state index is 0.0696. The summed E-state index contributed by atoms with van der Waals surface area (Å²) in [6.45, 7) is 8.28. The molecule has 24 heavy (non-hydrogen) atoms. The Hall–Kier alpha value is -1.44. The van der Waals surface area contributed by atoms with Gasteiger partial charge in [0.05, 0.1) is 6.42 Å². The standard InChI is InChI=1S/C17H26N2O4S/c1-17(2,3)13-16(20)23-24(21,22)19-11-9-18(10-12-19)14-15-7-5-4-6-8-15/h4-8H,9-14H2,1-3H3. The first-order valence-corrected chi connectivity index (χ1v) is 9.51. The fourth-order valence-corrected chi connectivity index (χ4v) is 3.60. The number of carbonyl (C=O) groups is 1. The first-order chi connectivity index (χ1) is 11.2. The van der Waals surface area contributed by atoms with Crippen molar-refractivity contribution in [2.45, 2.75) is 33.7 Å². The summed E-state index contributed by atoms with van der Waals surface area (Å²) in [5.74, 6) is -0.700. The average Bonchev–Trinajstić information content (AvgIpc) is 2.46. The van der Waals surface area contributed by atoms with E-state index >= 15 is 0 Å². The van der Waals surface area contributed by atoms with Gasteiger partial charge in [-0.3, -0.25) is 9.69 Å². The van der Waals surface area contributed by atoms with Gasteiger partial charge in [0.1, 0.15) is 0 Å². The largest absolute Gasteiger partial charge is 0.387 e. The lowest BCUT2D eigenvalue weighted by Crippen LogP contribution is -2.49. The fraction of sp³-hybridized carbons (Fsp3) is 0.588. The zero-order chi connectivity index (χ0) is 17.8. The molecular weight excluding hydrogens is 328 g/mol. The van der Waals surface area contributed by atoms with Crippen molar-refractivity contribution in [3.05, 3.63) is 35.9 Å². The molecule has 1 aromatic carbocycles. The first-order valence-electron chi connectivity index (χ1n) is 8.14. The average molecular weight is 354 g/mol. The van der Waals surface area contributed by atoms with Gasteiger partial charge in [0.15, 0.2) is 0 Å². The Morgan fingerprint density at radius 2 is 1.67 bits per heavy atom.